The van der Waals surface area contributed by atoms with Crippen molar-refractivity contribution in [2.75, 3.05) is 5.73 Å². The third kappa shape index (κ3) is 2.41. The molecule has 1 aliphatic carbocycles. The van der Waals surface area contributed by atoms with Gasteiger partial charge >= 0.3 is 0 Å². The van der Waals surface area contributed by atoms with E-state index in [-0.39, 0.29) is 0 Å². The highest BCUT2D eigenvalue weighted by Gasteiger charge is 2.23. The Balaban J connectivity index is 1.79. The lowest BCUT2D eigenvalue weighted by Gasteiger charge is -2.07. The molecule has 0 atom stereocenters. The molecule has 0 amide bonds. The van der Waals surface area contributed by atoms with E-state index in [9.17, 15) is 0 Å². The van der Waals surface area contributed by atoms with Crippen LogP contribution < -0.4 is 10.5 Å². The summed E-state index contributed by atoms with van der Waals surface area (Å²) in [5.41, 5.74) is 7.78. The molecule has 0 heterocycles. The van der Waals surface area contributed by atoms with Gasteiger partial charge in [-0.2, -0.15) is 0 Å². The van der Waals surface area contributed by atoms with Crippen molar-refractivity contribution in [3.8, 4) is 11.5 Å². The first-order valence-electron chi connectivity index (χ1n) is 5.94. The molecule has 0 radical (unpaired) electrons. The van der Waals surface area contributed by atoms with Crippen LogP contribution in [0.25, 0.3) is 0 Å². The average molecular weight is 225 g/mol. The van der Waals surface area contributed by atoms with E-state index in [1.165, 1.54) is 18.4 Å². The molecule has 0 aliphatic heterocycles. The van der Waals surface area contributed by atoms with Gasteiger partial charge in [0.05, 0.1) is 0 Å². The van der Waals surface area contributed by atoms with E-state index in [1.54, 1.807) is 0 Å². The van der Waals surface area contributed by atoms with Crippen LogP contribution in [-0.2, 0) is 0 Å². The van der Waals surface area contributed by atoms with Gasteiger partial charge in [0, 0.05) is 5.69 Å². The quantitative estimate of drug-likeness (QED) is 0.803. The number of rotatable bonds is 3. The van der Waals surface area contributed by atoms with E-state index in [0.717, 1.165) is 23.1 Å². The monoisotopic (exact) mass is 225 g/mol. The summed E-state index contributed by atoms with van der Waals surface area (Å²) < 4.78 is 5.80. The Hall–Kier alpha value is -1.96. The number of ether oxygens (including phenoxy) is 1. The minimum Gasteiger partial charge on any atom is -0.457 e. The molecule has 3 rings (SSSR count). The molecule has 0 unspecified atom stereocenters. The third-order valence-corrected chi connectivity index (χ3v) is 3.02. The Kier molecular flexibility index (Phi) is 2.48. The molecule has 0 bridgehead atoms. The predicted molar refractivity (Wildman–Crippen MR) is 69.3 cm³/mol. The van der Waals surface area contributed by atoms with Crippen molar-refractivity contribution in [2.24, 2.45) is 0 Å². The Labute approximate surface area is 101 Å². The third-order valence-electron chi connectivity index (χ3n) is 3.02. The minimum atomic E-state index is 0.754. The van der Waals surface area contributed by atoms with Gasteiger partial charge in [-0.15, -0.1) is 0 Å². The highest BCUT2D eigenvalue weighted by atomic mass is 16.5. The molecule has 2 N–H and O–H groups in total. The molecule has 0 saturated heterocycles. The maximum atomic E-state index is 5.80. The molecule has 0 spiro atoms. The van der Waals surface area contributed by atoms with Crippen molar-refractivity contribution in [1.29, 1.82) is 0 Å². The Bertz CT molecular complexity index is 515. The second kappa shape index (κ2) is 4.13. The van der Waals surface area contributed by atoms with Gasteiger partial charge in [0.1, 0.15) is 11.5 Å². The summed E-state index contributed by atoms with van der Waals surface area (Å²) in [6.45, 7) is 0. The zero-order valence-corrected chi connectivity index (χ0v) is 9.60. The summed E-state index contributed by atoms with van der Waals surface area (Å²) in [5, 5.41) is 0. The highest BCUT2D eigenvalue weighted by molar-refractivity contribution is 5.43. The van der Waals surface area contributed by atoms with Gasteiger partial charge in [0.25, 0.3) is 0 Å². The van der Waals surface area contributed by atoms with Gasteiger partial charge in [-0.3, -0.25) is 0 Å². The first-order chi connectivity index (χ1) is 8.31. The van der Waals surface area contributed by atoms with Crippen molar-refractivity contribution in [2.45, 2.75) is 18.8 Å². The number of hydrogen-bond donors (Lipinski definition) is 1. The summed E-state index contributed by atoms with van der Waals surface area (Å²) in [4.78, 5) is 0. The zero-order chi connectivity index (χ0) is 11.7. The van der Waals surface area contributed by atoms with Crippen LogP contribution in [0, 0.1) is 0 Å². The molecular weight excluding hydrogens is 210 g/mol. The molecule has 0 aromatic heterocycles. The second-order valence-corrected chi connectivity index (χ2v) is 4.52. The normalized spacial score (nSPS) is 14.6. The first kappa shape index (κ1) is 10.2. The fourth-order valence-electron chi connectivity index (χ4n) is 1.92. The number of benzene rings is 2. The molecular formula is C15H15NO. The summed E-state index contributed by atoms with van der Waals surface area (Å²) in [7, 11) is 0. The maximum absolute atomic E-state index is 5.80. The van der Waals surface area contributed by atoms with Crippen molar-refractivity contribution in [3.63, 3.8) is 0 Å². The van der Waals surface area contributed by atoms with Gasteiger partial charge in [-0.05, 0) is 60.7 Å². The molecule has 2 aromatic carbocycles. The van der Waals surface area contributed by atoms with Crippen LogP contribution >= 0.6 is 0 Å². The van der Waals surface area contributed by atoms with Gasteiger partial charge in [-0.25, -0.2) is 0 Å². The lowest BCUT2D eigenvalue weighted by atomic mass is 10.1. The van der Waals surface area contributed by atoms with Gasteiger partial charge < -0.3 is 10.5 Å². The number of anilines is 1. The molecule has 1 fully saturated rings. The van der Waals surface area contributed by atoms with E-state index in [0.29, 0.717) is 0 Å². The van der Waals surface area contributed by atoms with E-state index >= 15 is 0 Å². The number of nitrogens with two attached hydrogens (primary N) is 1. The van der Waals surface area contributed by atoms with Crippen LogP contribution in [0.1, 0.15) is 24.3 Å². The van der Waals surface area contributed by atoms with Crippen LogP contribution in [0.5, 0.6) is 11.5 Å². The summed E-state index contributed by atoms with van der Waals surface area (Å²) in [5.74, 6) is 2.48. The first-order valence-corrected chi connectivity index (χ1v) is 5.94. The summed E-state index contributed by atoms with van der Waals surface area (Å²) in [6, 6.07) is 15.8. The van der Waals surface area contributed by atoms with E-state index in [2.05, 4.69) is 18.2 Å². The molecule has 17 heavy (non-hydrogen) atoms. The molecule has 1 aliphatic rings. The average Bonchev–Trinajstić information content (AvgIpc) is 3.17. The van der Waals surface area contributed by atoms with Crippen molar-refractivity contribution in [3.05, 3.63) is 54.1 Å². The van der Waals surface area contributed by atoms with Crippen LogP contribution in [0.15, 0.2) is 48.5 Å². The Morgan fingerprint density at radius 1 is 0.941 bits per heavy atom. The topological polar surface area (TPSA) is 35.2 Å². The van der Waals surface area contributed by atoms with Gasteiger partial charge in [0.15, 0.2) is 0 Å². The van der Waals surface area contributed by atoms with Crippen LogP contribution in [-0.4, -0.2) is 0 Å². The summed E-state index contributed by atoms with van der Waals surface area (Å²) in [6.07, 6.45) is 2.62. The summed E-state index contributed by atoms with van der Waals surface area (Å²) >= 11 is 0. The zero-order valence-electron chi connectivity index (χ0n) is 9.60. The molecule has 2 nitrogen and oxygen atoms in total. The fraction of sp³-hybridized carbons (Fsp3) is 0.200. The molecule has 2 heteroatoms. The molecule has 2 aromatic rings. The SMILES string of the molecule is Nc1ccc(Oc2cccc(C3CC3)c2)cc1. The van der Waals surface area contributed by atoms with Crippen LogP contribution in [0.3, 0.4) is 0 Å². The minimum absolute atomic E-state index is 0.754. The van der Waals surface area contributed by atoms with E-state index in [4.69, 9.17) is 10.5 Å². The van der Waals surface area contributed by atoms with E-state index < -0.39 is 0 Å². The second-order valence-electron chi connectivity index (χ2n) is 4.52. The van der Waals surface area contributed by atoms with Crippen molar-refractivity contribution < 1.29 is 4.74 Å². The molecule has 1 saturated carbocycles. The Morgan fingerprint density at radius 3 is 2.41 bits per heavy atom. The molecule has 86 valence electrons. The van der Waals surface area contributed by atoms with Gasteiger partial charge in [-0.1, -0.05) is 12.1 Å². The van der Waals surface area contributed by atoms with Crippen molar-refractivity contribution >= 4 is 5.69 Å². The number of nitrogen functional groups attached to an aromatic ring is 1. The Morgan fingerprint density at radius 2 is 1.71 bits per heavy atom. The van der Waals surface area contributed by atoms with Crippen LogP contribution in [0.4, 0.5) is 5.69 Å². The smallest absolute Gasteiger partial charge is 0.127 e. The van der Waals surface area contributed by atoms with Gasteiger partial charge in [0.2, 0.25) is 0 Å². The fourth-order valence-corrected chi connectivity index (χ4v) is 1.92. The lowest BCUT2D eigenvalue weighted by molar-refractivity contribution is 0.482. The largest absolute Gasteiger partial charge is 0.457 e. The van der Waals surface area contributed by atoms with E-state index in [1.807, 2.05) is 30.3 Å². The predicted octanol–water partition coefficient (Wildman–Crippen LogP) is 3.94. The van der Waals surface area contributed by atoms with Crippen LogP contribution in [0.2, 0.25) is 0 Å². The lowest BCUT2D eigenvalue weighted by Crippen LogP contribution is -1.87. The van der Waals surface area contributed by atoms with Crippen molar-refractivity contribution in [1.82, 2.24) is 0 Å². The maximum Gasteiger partial charge on any atom is 0.127 e. The standard InChI is InChI=1S/C15H15NO/c16-13-6-8-14(9-7-13)17-15-3-1-2-12(10-15)11-4-5-11/h1-3,6-11H,4-5,16H2. The number of hydrogen-bond acceptors (Lipinski definition) is 2. The highest BCUT2D eigenvalue weighted by Crippen LogP contribution is 2.41.